The molecule has 0 spiro atoms. The van der Waals surface area contributed by atoms with Gasteiger partial charge >= 0.3 is 6.01 Å². The van der Waals surface area contributed by atoms with Gasteiger partial charge in [0.25, 0.3) is 5.91 Å². The Labute approximate surface area is 151 Å². The number of ether oxygens (including phenoxy) is 1. The van der Waals surface area contributed by atoms with Gasteiger partial charge in [0.1, 0.15) is 5.75 Å². The van der Waals surface area contributed by atoms with E-state index in [0.29, 0.717) is 18.2 Å². The zero-order valence-corrected chi connectivity index (χ0v) is 15.2. The van der Waals surface area contributed by atoms with Gasteiger partial charge in [-0.25, -0.2) is 0 Å². The van der Waals surface area contributed by atoms with Crippen molar-refractivity contribution in [2.45, 2.75) is 33.7 Å². The van der Waals surface area contributed by atoms with E-state index in [9.17, 15) is 4.79 Å². The van der Waals surface area contributed by atoms with Gasteiger partial charge in [0, 0.05) is 17.3 Å². The topological polar surface area (TPSA) is 95.1 Å². The minimum Gasteiger partial charge on any atom is -0.494 e. The van der Waals surface area contributed by atoms with Crippen molar-refractivity contribution in [1.82, 2.24) is 20.0 Å². The average Bonchev–Trinajstić information content (AvgIpc) is 3.22. The third-order valence-electron chi connectivity index (χ3n) is 3.70. The highest BCUT2D eigenvalue weighted by Gasteiger charge is 2.17. The van der Waals surface area contributed by atoms with Crippen molar-refractivity contribution in [3.8, 4) is 17.2 Å². The highest BCUT2D eigenvalue weighted by atomic mass is 16.5. The molecule has 1 N–H and O–H groups in total. The van der Waals surface area contributed by atoms with Crippen molar-refractivity contribution in [2.75, 3.05) is 11.9 Å². The fourth-order valence-corrected chi connectivity index (χ4v) is 2.53. The lowest BCUT2D eigenvalue weighted by Gasteiger charge is -2.06. The summed E-state index contributed by atoms with van der Waals surface area (Å²) in [6.45, 7) is 8.43. The van der Waals surface area contributed by atoms with Crippen molar-refractivity contribution >= 4 is 11.9 Å². The molecule has 3 rings (SSSR count). The van der Waals surface area contributed by atoms with Crippen LogP contribution in [0.2, 0.25) is 0 Å². The Morgan fingerprint density at radius 3 is 2.62 bits per heavy atom. The largest absolute Gasteiger partial charge is 0.494 e. The summed E-state index contributed by atoms with van der Waals surface area (Å²) in [6.07, 6.45) is 0. The number of amides is 1. The van der Waals surface area contributed by atoms with Crippen LogP contribution in [0.5, 0.6) is 5.75 Å². The van der Waals surface area contributed by atoms with Crippen LogP contribution in [0.15, 0.2) is 34.7 Å². The van der Waals surface area contributed by atoms with Crippen molar-refractivity contribution in [3.63, 3.8) is 0 Å². The summed E-state index contributed by atoms with van der Waals surface area (Å²) in [5, 5.41) is 14.7. The molecular weight excluding hydrogens is 334 g/mol. The molecule has 0 radical (unpaired) electrons. The molecule has 8 nitrogen and oxygen atoms in total. The summed E-state index contributed by atoms with van der Waals surface area (Å²) in [7, 11) is 0. The Morgan fingerprint density at radius 2 is 2.00 bits per heavy atom. The van der Waals surface area contributed by atoms with Gasteiger partial charge in [-0.3, -0.25) is 14.8 Å². The monoisotopic (exact) mass is 355 g/mol. The molecule has 26 heavy (non-hydrogen) atoms. The van der Waals surface area contributed by atoms with Crippen LogP contribution in [-0.4, -0.2) is 32.5 Å². The van der Waals surface area contributed by atoms with Crippen LogP contribution in [0.1, 0.15) is 43.0 Å². The molecule has 1 amide bonds. The summed E-state index contributed by atoms with van der Waals surface area (Å²) >= 11 is 0. The summed E-state index contributed by atoms with van der Waals surface area (Å²) in [5.74, 6) is 0.682. The van der Waals surface area contributed by atoms with E-state index in [1.807, 2.05) is 52.0 Å². The number of anilines is 1. The first-order chi connectivity index (χ1) is 12.5. The summed E-state index contributed by atoms with van der Waals surface area (Å²) in [6, 6.07) is 9.20. The fraction of sp³-hybridized carbons (Fsp3) is 0.333. The minimum atomic E-state index is -0.394. The van der Waals surface area contributed by atoms with Crippen LogP contribution in [0.4, 0.5) is 6.01 Å². The fourth-order valence-electron chi connectivity index (χ4n) is 2.53. The highest BCUT2D eigenvalue weighted by molar-refractivity contribution is 6.01. The number of rotatable bonds is 6. The standard InChI is InChI=1S/C18H21N5O3/c1-5-25-14-8-6-13(7-9-14)17-20-21-18(26-17)19-16(24)15-10-12(4)23(22-15)11(2)3/h6-11H,5H2,1-4H3,(H,19,21,24). The Kier molecular flexibility index (Phi) is 5.01. The van der Waals surface area contributed by atoms with E-state index in [1.165, 1.54) is 0 Å². The number of carbonyl (C=O) groups excluding carboxylic acids is 1. The van der Waals surface area contributed by atoms with Crippen molar-refractivity contribution in [3.05, 3.63) is 41.7 Å². The number of hydrogen-bond donors (Lipinski definition) is 1. The van der Waals surface area contributed by atoms with Crippen molar-refractivity contribution in [2.24, 2.45) is 0 Å². The first kappa shape index (κ1) is 17.7. The second-order valence-corrected chi connectivity index (χ2v) is 6.03. The smallest absolute Gasteiger partial charge is 0.322 e. The zero-order valence-electron chi connectivity index (χ0n) is 15.2. The maximum Gasteiger partial charge on any atom is 0.322 e. The van der Waals surface area contributed by atoms with Crippen LogP contribution >= 0.6 is 0 Å². The molecule has 2 aromatic heterocycles. The van der Waals surface area contributed by atoms with Gasteiger partial charge in [-0.2, -0.15) is 5.10 Å². The molecule has 0 unspecified atom stereocenters. The van der Waals surface area contributed by atoms with E-state index < -0.39 is 5.91 Å². The number of hydrogen-bond acceptors (Lipinski definition) is 6. The molecule has 1 aromatic carbocycles. The first-order valence-corrected chi connectivity index (χ1v) is 8.42. The molecule has 0 bridgehead atoms. The Hall–Kier alpha value is -3.16. The van der Waals surface area contributed by atoms with Gasteiger partial charge in [-0.15, -0.1) is 5.10 Å². The van der Waals surface area contributed by atoms with Gasteiger partial charge in [0.2, 0.25) is 5.89 Å². The SMILES string of the molecule is CCOc1ccc(-c2nnc(NC(=O)c3cc(C)n(C(C)C)n3)o2)cc1. The number of aryl methyl sites for hydroxylation is 1. The number of nitrogens with one attached hydrogen (secondary N) is 1. The predicted octanol–water partition coefficient (Wildman–Crippen LogP) is 3.47. The molecule has 0 saturated heterocycles. The van der Waals surface area contributed by atoms with E-state index in [0.717, 1.165) is 17.0 Å². The molecule has 0 saturated carbocycles. The zero-order chi connectivity index (χ0) is 18.7. The van der Waals surface area contributed by atoms with Gasteiger partial charge in [0.05, 0.1) is 6.61 Å². The lowest BCUT2D eigenvalue weighted by Crippen LogP contribution is -2.14. The van der Waals surface area contributed by atoms with E-state index in [2.05, 4.69) is 20.6 Å². The first-order valence-electron chi connectivity index (χ1n) is 8.42. The molecule has 0 aliphatic heterocycles. The van der Waals surface area contributed by atoms with Crippen LogP contribution in [-0.2, 0) is 0 Å². The Morgan fingerprint density at radius 1 is 1.27 bits per heavy atom. The van der Waals surface area contributed by atoms with Crippen LogP contribution in [0.25, 0.3) is 11.5 Å². The van der Waals surface area contributed by atoms with Gasteiger partial charge in [-0.1, -0.05) is 5.10 Å². The highest BCUT2D eigenvalue weighted by Crippen LogP contribution is 2.23. The molecule has 136 valence electrons. The second-order valence-electron chi connectivity index (χ2n) is 6.03. The van der Waals surface area contributed by atoms with E-state index in [4.69, 9.17) is 9.15 Å². The van der Waals surface area contributed by atoms with E-state index >= 15 is 0 Å². The van der Waals surface area contributed by atoms with E-state index in [-0.39, 0.29) is 12.1 Å². The lowest BCUT2D eigenvalue weighted by molar-refractivity contribution is 0.101. The molecule has 8 heteroatoms. The van der Waals surface area contributed by atoms with E-state index in [1.54, 1.807) is 10.7 Å². The Bertz CT molecular complexity index is 896. The molecule has 0 aliphatic rings. The number of benzene rings is 1. The third-order valence-corrected chi connectivity index (χ3v) is 3.70. The molecule has 0 fully saturated rings. The maximum atomic E-state index is 12.3. The van der Waals surface area contributed by atoms with Crippen LogP contribution < -0.4 is 10.1 Å². The van der Waals surface area contributed by atoms with Gasteiger partial charge in [0.15, 0.2) is 5.69 Å². The molecule has 2 heterocycles. The number of nitrogens with zero attached hydrogens (tertiary/aromatic N) is 4. The number of carbonyl (C=O) groups is 1. The summed E-state index contributed by atoms with van der Waals surface area (Å²) in [5.41, 5.74) is 1.95. The second kappa shape index (κ2) is 7.38. The van der Waals surface area contributed by atoms with Crippen molar-refractivity contribution in [1.29, 1.82) is 0 Å². The predicted molar refractivity (Wildman–Crippen MR) is 96.2 cm³/mol. The maximum absolute atomic E-state index is 12.3. The minimum absolute atomic E-state index is 0.0237. The normalized spacial score (nSPS) is 11.0. The molecule has 3 aromatic rings. The molecular formula is C18H21N5O3. The summed E-state index contributed by atoms with van der Waals surface area (Å²) in [4.78, 5) is 12.3. The number of aromatic nitrogens is 4. The lowest BCUT2D eigenvalue weighted by atomic mass is 10.2. The summed E-state index contributed by atoms with van der Waals surface area (Å²) < 4.78 is 12.7. The molecule has 0 aliphatic carbocycles. The van der Waals surface area contributed by atoms with Crippen LogP contribution in [0.3, 0.4) is 0 Å². The van der Waals surface area contributed by atoms with Crippen LogP contribution in [0, 0.1) is 6.92 Å². The van der Waals surface area contributed by atoms with Crippen molar-refractivity contribution < 1.29 is 13.9 Å². The molecule has 0 atom stereocenters. The van der Waals surface area contributed by atoms with Gasteiger partial charge < -0.3 is 9.15 Å². The quantitative estimate of drug-likeness (QED) is 0.727. The Balaban J connectivity index is 1.71. The third kappa shape index (κ3) is 3.74. The average molecular weight is 355 g/mol. The van der Waals surface area contributed by atoms with Gasteiger partial charge in [-0.05, 0) is 58.0 Å².